The number of likely N-dealkylation sites (N-methyl/N-ethyl adjacent to an activating group) is 1. The maximum absolute atomic E-state index is 12.1. The van der Waals surface area contributed by atoms with Gasteiger partial charge in [-0.2, -0.15) is 0 Å². The standard InChI is InChI=1S/C12H23N3O2/c1-13-5-7-14(8-6-13)12(17)9-15-4-2-3-11(15)10-16/h11,16H,2-10H2,1H3/t11-/m0/s1. The predicted octanol–water partition coefficient (Wildman–Crippen LogP) is -0.783. The number of nitrogens with zero attached hydrogens (tertiary/aromatic N) is 3. The summed E-state index contributed by atoms with van der Waals surface area (Å²) in [6.07, 6.45) is 2.12. The van der Waals surface area contributed by atoms with E-state index >= 15 is 0 Å². The Bertz CT molecular complexity index is 264. The van der Waals surface area contributed by atoms with Gasteiger partial charge in [0.2, 0.25) is 5.91 Å². The Hall–Kier alpha value is -0.650. The molecule has 5 nitrogen and oxygen atoms in total. The number of carbonyl (C=O) groups is 1. The van der Waals surface area contributed by atoms with Gasteiger partial charge in [-0.15, -0.1) is 0 Å². The molecule has 0 radical (unpaired) electrons. The second-order valence-electron chi connectivity index (χ2n) is 5.13. The Morgan fingerprint density at radius 1 is 1.24 bits per heavy atom. The van der Waals surface area contributed by atoms with Gasteiger partial charge in [-0.25, -0.2) is 0 Å². The lowest BCUT2D eigenvalue weighted by molar-refractivity contribution is -0.134. The first-order valence-corrected chi connectivity index (χ1v) is 6.52. The summed E-state index contributed by atoms with van der Waals surface area (Å²) in [4.78, 5) is 18.4. The van der Waals surface area contributed by atoms with Crippen molar-refractivity contribution in [3.8, 4) is 0 Å². The minimum absolute atomic E-state index is 0.177. The zero-order valence-electron chi connectivity index (χ0n) is 10.6. The predicted molar refractivity (Wildman–Crippen MR) is 65.8 cm³/mol. The van der Waals surface area contributed by atoms with E-state index in [2.05, 4.69) is 16.8 Å². The normalized spacial score (nSPS) is 27.6. The van der Waals surface area contributed by atoms with Crippen LogP contribution in [0.5, 0.6) is 0 Å². The maximum atomic E-state index is 12.1. The Balaban J connectivity index is 1.80. The fourth-order valence-electron chi connectivity index (χ4n) is 2.64. The van der Waals surface area contributed by atoms with Crippen molar-refractivity contribution in [2.24, 2.45) is 0 Å². The molecule has 0 aromatic rings. The summed E-state index contributed by atoms with van der Waals surface area (Å²) in [5.74, 6) is 0.221. The molecule has 98 valence electrons. The molecule has 2 rings (SSSR count). The van der Waals surface area contributed by atoms with Crippen LogP contribution >= 0.6 is 0 Å². The molecule has 0 aromatic heterocycles. The van der Waals surface area contributed by atoms with E-state index in [1.54, 1.807) is 0 Å². The average molecular weight is 241 g/mol. The van der Waals surface area contributed by atoms with Gasteiger partial charge in [0.25, 0.3) is 0 Å². The second-order valence-corrected chi connectivity index (χ2v) is 5.13. The van der Waals surface area contributed by atoms with E-state index in [4.69, 9.17) is 0 Å². The van der Waals surface area contributed by atoms with Gasteiger partial charge in [0, 0.05) is 32.2 Å². The van der Waals surface area contributed by atoms with Crippen LogP contribution in [0.4, 0.5) is 0 Å². The Morgan fingerprint density at radius 3 is 2.59 bits per heavy atom. The summed E-state index contributed by atoms with van der Waals surface area (Å²) in [5, 5.41) is 9.22. The fraction of sp³-hybridized carbons (Fsp3) is 0.917. The lowest BCUT2D eigenvalue weighted by Gasteiger charge is -2.34. The van der Waals surface area contributed by atoms with Gasteiger partial charge < -0.3 is 14.9 Å². The van der Waals surface area contributed by atoms with Crippen LogP contribution < -0.4 is 0 Å². The molecule has 0 aliphatic carbocycles. The Kier molecular flexibility index (Phi) is 4.36. The third-order valence-corrected chi connectivity index (χ3v) is 3.90. The number of hydrogen-bond donors (Lipinski definition) is 1. The zero-order chi connectivity index (χ0) is 12.3. The van der Waals surface area contributed by atoms with Gasteiger partial charge in [-0.3, -0.25) is 9.69 Å². The third kappa shape index (κ3) is 3.18. The van der Waals surface area contributed by atoms with E-state index in [-0.39, 0.29) is 18.6 Å². The van der Waals surface area contributed by atoms with Crippen molar-refractivity contribution >= 4 is 5.91 Å². The molecule has 0 saturated carbocycles. The van der Waals surface area contributed by atoms with E-state index in [1.165, 1.54) is 0 Å². The lowest BCUT2D eigenvalue weighted by atomic mass is 10.2. The van der Waals surface area contributed by atoms with Crippen molar-refractivity contribution in [1.29, 1.82) is 0 Å². The first-order chi connectivity index (χ1) is 8.20. The molecular weight excluding hydrogens is 218 g/mol. The summed E-state index contributed by atoms with van der Waals surface area (Å²) in [5.41, 5.74) is 0. The summed E-state index contributed by atoms with van der Waals surface area (Å²) in [6, 6.07) is 0.200. The largest absolute Gasteiger partial charge is 0.395 e. The molecule has 0 aromatic carbocycles. The van der Waals surface area contributed by atoms with E-state index in [0.717, 1.165) is 45.6 Å². The highest BCUT2D eigenvalue weighted by Gasteiger charge is 2.28. The van der Waals surface area contributed by atoms with Crippen LogP contribution in [0, 0.1) is 0 Å². The average Bonchev–Trinajstić information content (AvgIpc) is 2.77. The number of carbonyl (C=O) groups excluding carboxylic acids is 1. The topological polar surface area (TPSA) is 47.0 Å². The van der Waals surface area contributed by atoms with Gasteiger partial charge in [0.15, 0.2) is 0 Å². The van der Waals surface area contributed by atoms with Crippen LogP contribution in [0.25, 0.3) is 0 Å². The zero-order valence-corrected chi connectivity index (χ0v) is 10.6. The van der Waals surface area contributed by atoms with E-state index in [9.17, 15) is 9.90 Å². The van der Waals surface area contributed by atoms with Crippen LogP contribution in [0.1, 0.15) is 12.8 Å². The third-order valence-electron chi connectivity index (χ3n) is 3.90. The molecule has 0 bridgehead atoms. The molecule has 0 unspecified atom stereocenters. The smallest absolute Gasteiger partial charge is 0.236 e. The maximum Gasteiger partial charge on any atom is 0.236 e. The number of hydrogen-bond acceptors (Lipinski definition) is 4. The molecule has 2 heterocycles. The highest BCUT2D eigenvalue weighted by Crippen LogP contribution is 2.16. The lowest BCUT2D eigenvalue weighted by Crippen LogP contribution is -2.50. The van der Waals surface area contributed by atoms with Gasteiger partial charge >= 0.3 is 0 Å². The molecule has 17 heavy (non-hydrogen) atoms. The van der Waals surface area contributed by atoms with Gasteiger partial charge in [0.05, 0.1) is 13.2 Å². The molecule has 1 N–H and O–H groups in total. The monoisotopic (exact) mass is 241 g/mol. The molecule has 2 saturated heterocycles. The SMILES string of the molecule is CN1CCN(C(=O)CN2CCC[C@H]2CO)CC1. The van der Waals surface area contributed by atoms with Crippen LogP contribution in [-0.2, 0) is 4.79 Å². The number of rotatable bonds is 3. The summed E-state index contributed by atoms with van der Waals surface area (Å²) in [6.45, 7) is 5.22. The van der Waals surface area contributed by atoms with E-state index in [0.29, 0.717) is 6.54 Å². The van der Waals surface area contributed by atoms with Gasteiger partial charge in [0.1, 0.15) is 0 Å². The highest BCUT2D eigenvalue weighted by molar-refractivity contribution is 5.78. The van der Waals surface area contributed by atoms with Crippen molar-refractivity contribution in [3.63, 3.8) is 0 Å². The molecule has 2 aliphatic heterocycles. The van der Waals surface area contributed by atoms with Gasteiger partial charge in [-0.05, 0) is 26.4 Å². The van der Waals surface area contributed by atoms with Crippen molar-refractivity contribution in [3.05, 3.63) is 0 Å². The first-order valence-electron chi connectivity index (χ1n) is 6.52. The van der Waals surface area contributed by atoms with Crippen molar-refractivity contribution in [2.45, 2.75) is 18.9 Å². The van der Waals surface area contributed by atoms with E-state index in [1.807, 2.05) is 4.90 Å². The summed E-state index contributed by atoms with van der Waals surface area (Å²) in [7, 11) is 2.09. The summed E-state index contributed by atoms with van der Waals surface area (Å²) >= 11 is 0. The second kappa shape index (κ2) is 5.80. The molecular formula is C12H23N3O2. The molecule has 2 aliphatic rings. The Labute approximate surface area is 103 Å². The molecule has 1 amide bonds. The fourth-order valence-corrected chi connectivity index (χ4v) is 2.64. The molecule has 0 spiro atoms. The van der Waals surface area contributed by atoms with Crippen LogP contribution in [0.15, 0.2) is 0 Å². The number of aliphatic hydroxyl groups is 1. The molecule has 1 atom stereocenters. The highest BCUT2D eigenvalue weighted by atomic mass is 16.3. The van der Waals surface area contributed by atoms with Crippen LogP contribution in [0.3, 0.4) is 0 Å². The minimum Gasteiger partial charge on any atom is -0.395 e. The first kappa shape index (κ1) is 12.8. The van der Waals surface area contributed by atoms with Gasteiger partial charge in [-0.1, -0.05) is 0 Å². The Morgan fingerprint density at radius 2 is 1.94 bits per heavy atom. The number of amides is 1. The number of aliphatic hydroxyl groups excluding tert-OH is 1. The van der Waals surface area contributed by atoms with Crippen molar-refractivity contribution in [1.82, 2.24) is 14.7 Å². The number of piperazine rings is 1. The van der Waals surface area contributed by atoms with Crippen molar-refractivity contribution in [2.75, 3.05) is 52.9 Å². The van der Waals surface area contributed by atoms with Crippen LogP contribution in [-0.4, -0.2) is 84.7 Å². The minimum atomic E-state index is 0.177. The quantitative estimate of drug-likeness (QED) is 0.704. The molecule has 5 heteroatoms. The van der Waals surface area contributed by atoms with Crippen LogP contribution in [0.2, 0.25) is 0 Å². The summed E-state index contributed by atoms with van der Waals surface area (Å²) < 4.78 is 0. The van der Waals surface area contributed by atoms with E-state index < -0.39 is 0 Å². The van der Waals surface area contributed by atoms with Crippen molar-refractivity contribution < 1.29 is 9.90 Å². The number of likely N-dealkylation sites (tertiary alicyclic amines) is 1. The molecule has 2 fully saturated rings.